The van der Waals surface area contributed by atoms with Crippen LogP contribution in [0.1, 0.15) is 20.0 Å². The third kappa shape index (κ3) is 2.99. The Hall–Kier alpha value is -1.73. The van der Waals surface area contributed by atoms with Gasteiger partial charge in [0.1, 0.15) is 10.7 Å². The van der Waals surface area contributed by atoms with Crippen LogP contribution in [0.2, 0.25) is 0 Å². The molecule has 1 amide bonds. The maximum Gasteiger partial charge on any atom is 0.348 e. The van der Waals surface area contributed by atoms with Gasteiger partial charge < -0.3 is 10.4 Å². The molecule has 0 fully saturated rings. The van der Waals surface area contributed by atoms with E-state index in [1.807, 2.05) is 0 Å². The molecule has 0 radical (unpaired) electrons. The zero-order chi connectivity index (χ0) is 14.0. The summed E-state index contributed by atoms with van der Waals surface area (Å²) in [4.78, 5) is 22.9. The molecule has 7 heteroatoms. The van der Waals surface area contributed by atoms with Crippen molar-refractivity contribution in [3.63, 3.8) is 0 Å². The quantitative estimate of drug-likeness (QED) is 0.894. The van der Waals surface area contributed by atoms with Gasteiger partial charge in [-0.1, -0.05) is 0 Å². The average Bonchev–Trinajstić information content (AvgIpc) is 2.80. The van der Waals surface area contributed by atoms with E-state index >= 15 is 0 Å². The molecule has 1 aromatic heterocycles. The number of thiophene rings is 1. The number of hydrogen-bond acceptors (Lipinski definition) is 3. The third-order valence-electron chi connectivity index (χ3n) is 2.28. The van der Waals surface area contributed by atoms with Gasteiger partial charge in [-0.05, 0) is 45.6 Å². The van der Waals surface area contributed by atoms with Crippen molar-refractivity contribution < 1.29 is 19.1 Å². The molecule has 1 aromatic carbocycles. The molecule has 0 saturated heterocycles. The van der Waals surface area contributed by atoms with E-state index in [9.17, 15) is 14.0 Å². The van der Waals surface area contributed by atoms with Gasteiger partial charge in [0.05, 0.1) is 11.3 Å². The van der Waals surface area contributed by atoms with Gasteiger partial charge in [-0.25, -0.2) is 9.18 Å². The molecule has 98 valence electrons. The number of carbonyl (C=O) groups excluding carboxylic acids is 1. The zero-order valence-corrected chi connectivity index (χ0v) is 11.7. The minimum atomic E-state index is -1.12. The first-order valence-corrected chi connectivity index (χ1v) is 6.73. The van der Waals surface area contributed by atoms with E-state index in [-0.39, 0.29) is 16.1 Å². The fourth-order valence-electron chi connectivity index (χ4n) is 1.43. The van der Waals surface area contributed by atoms with E-state index in [4.69, 9.17) is 5.11 Å². The Morgan fingerprint density at radius 2 is 2.05 bits per heavy atom. The molecule has 0 bridgehead atoms. The lowest BCUT2D eigenvalue weighted by molar-refractivity contribution is 0.0703. The van der Waals surface area contributed by atoms with Crippen LogP contribution in [0.4, 0.5) is 10.1 Å². The molecular weight excluding hydrogens is 337 g/mol. The summed E-state index contributed by atoms with van der Waals surface area (Å²) in [5, 5.41) is 12.9. The highest BCUT2D eigenvalue weighted by Crippen LogP contribution is 2.24. The minimum Gasteiger partial charge on any atom is -0.477 e. The van der Waals surface area contributed by atoms with Crippen molar-refractivity contribution in [2.24, 2.45) is 0 Å². The van der Waals surface area contributed by atoms with E-state index in [1.54, 1.807) is 5.38 Å². The predicted octanol–water partition coefficient (Wildman–Crippen LogP) is 3.60. The number of carboxylic acid groups (broad SMARTS) is 1. The van der Waals surface area contributed by atoms with E-state index in [0.29, 0.717) is 4.47 Å². The van der Waals surface area contributed by atoms with E-state index < -0.39 is 17.7 Å². The lowest BCUT2D eigenvalue weighted by atomic mass is 10.2. The summed E-state index contributed by atoms with van der Waals surface area (Å²) in [5.74, 6) is -2.24. The van der Waals surface area contributed by atoms with Gasteiger partial charge in [-0.3, -0.25) is 4.79 Å². The molecular formula is C12H7BrFNO3S. The monoisotopic (exact) mass is 343 g/mol. The van der Waals surface area contributed by atoms with Gasteiger partial charge in [-0.2, -0.15) is 0 Å². The number of amides is 1. The topological polar surface area (TPSA) is 66.4 Å². The van der Waals surface area contributed by atoms with Gasteiger partial charge in [0.2, 0.25) is 0 Å². The van der Waals surface area contributed by atoms with Crippen molar-refractivity contribution in [1.82, 2.24) is 0 Å². The van der Waals surface area contributed by atoms with Gasteiger partial charge in [-0.15, -0.1) is 11.3 Å². The van der Waals surface area contributed by atoms with Crippen molar-refractivity contribution in [3.8, 4) is 0 Å². The Morgan fingerprint density at radius 3 is 2.74 bits per heavy atom. The Labute approximate surface area is 120 Å². The first kappa shape index (κ1) is 13.7. The Bertz CT molecular complexity index is 656. The van der Waals surface area contributed by atoms with Crippen LogP contribution in [0.5, 0.6) is 0 Å². The summed E-state index contributed by atoms with van der Waals surface area (Å²) >= 11 is 4.14. The summed E-state index contributed by atoms with van der Waals surface area (Å²) in [6, 6.07) is 5.19. The summed E-state index contributed by atoms with van der Waals surface area (Å²) in [7, 11) is 0. The molecule has 0 saturated carbocycles. The highest BCUT2D eigenvalue weighted by Gasteiger charge is 2.16. The number of benzene rings is 1. The second kappa shape index (κ2) is 5.50. The second-order valence-electron chi connectivity index (χ2n) is 3.55. The van der Waals surface area contributed by atoms with Crippen LogP contribution in [0.3, 0.4) is 0 Å². The van der Waals surface area contributed by atoms with Crippen LogP contribution in [-0.4, -0.2) is 17.0 Å². The van der Waals surface area contributed by atoms with Crippen molar-refractivity contribution in [1.29, 1.82) is 0 Å². The lowest BCUT2D eigenvalue weighted by Gasteiger charge is -2.06. The molecule has 4 nitrogen and oxygen atoms in total. The van der Waals surface area contributed by atoms with Crippen LogP contribution < -0.4 is 5.32 Å². The molecule has 0 unspecified atom stereocenters. The van der Waals surface area contributed by atoms with E-state index in [1.165, 1.54) is 18.2 Å². The summed E-state index contributed by atoms with van der Waals surface area (Å²) in [6.45, 7) is 0. The fourth-order valence-corrected chi connectivity index (χ4v) is 2.55. The number of hydrogen-bond donors (Lipinski definition) is 2. The molecule has 0 atom stereocenters. The van der Waals surface area contributed by atoms with Crippen LogP contribution in [0, 0.1) is 5.82 Å². The van der Waals surface area contributed by atoms with Crippen LogP contribution >= 0.6 is 27.3 Å². The first-order chi connectivity index (χ1) is 8.99. The number of carbonyl (C=O) groups is 2. The summed E-state index contributed by atoms with van der Waals surface area (Å²) < 4.78 is 13.5. The van der Waals surface area contributed by atoms with Crippen LogP contribution in [0.25, 0.3) is 0 Å². The summed E-state index contributed by atoms with van der Waals surface area (Å²) in [5.41, 5.74) is 0.293. The molecule has 0 aliphatic heterocycles. The van der Waals surface area contributed by atoms with Gasteiger partial charge in [0.25, 0.3) is 5.91 Å². The third-order valence-corrected chi connectivity index (χ3v) is 3.87. The fraction of sp³-hybridized carbons (Fsp3) is 0. The smallest absolute Gasteiger partial charge is 0.348 e. The summed E-state index contributed by atoms with van der Waals surface area (Å²) in [6.07, 6.45) is 0. The average molecular weight is 344 g/mol. The van der Waals surface area contributed by atoms with E-state index in [2.05, 4.69) is 21.2 Å². The predicted molar refractivity (Wildman–Crippen MR) is 73.3 cm³/mol. The molecule has 0 aliphatic rings. The number of carboxylic acids is 1. The second-order valence-corrected chi connectivity index (χ2v) is 5.32. The number of aromatic carboxylic acids is 1. The molecule has 2 aromatic rings. The van der Waals surface area contributed by atoms with Gasteiger partial charge in [0, 0.05) is 4.47 Å². The van der Waals surface area contributed by atoms with Crippen molar-refractivity contribution in [2.45, 2.75) is 0 Å². The molecule has 2 N–H and O–H groups in total. The molecule has 1 heterocycles. The van der Waals surface area contributed by atoms with E-state index in [0.717, 1.165) is 17.4 Å². The van der Waals surface area contributed by atoms with Crippen molar-refractivity contribution in [3.05, 3.63) is 50.4 Å². The highest BCUT2D eigenvalue weighted by atomic mass is 79.9. The van der Waals surface area contributed by atoms with Crippen LogP contribution in [0.15, 0.2) is 34.1 Å². The largest absolute Gasteiger partial charge is 0.477 e. The number of nitrogens with one attached hydrogen (secondary N) is 1. The minimum absolute atomic E-state index is 0.0286. The molecule has 0 spiro atoms. The first-order valence-electron chi connectivity index (χ1n) is 5.06. The standard InChI is InChI=1S/C12H7BrFNO3S/c13-8-2-1-6(14)5-7(8)11(16)15-9-3-4-19-10(9)12(17)18/h1-5H,(H,15,16)(H,17,18). The number of anilines is 1. The van der Waals surface area contributed by atoms with Gasteiger partial charge >= 0.3 is 5.97 Å². The Kier molecular flexibility index (Phi) is 3.96. The highest BCUT2D eigenvalue weighted by molar-refractivity contribution is 9.10. The Morgan fingerprint density at radius 1 is 1.32 bits per heavy atom. The van der Waals surface area contributed by atoms with Gasteiger partial charge in [0.15, 0.2) is 0 Å². The maximum atomic E-state index is 13.1. The zero-order valence-electron chi connectivity index (χ0n) is 9.31. The molecule has 0 aliphatic carbocycles. The molecule has 2 rings (SSSR count). The SMILES string of the molecule is O=C(Nc1ccsc1C(=O)O)c1cc(F)ccc1Br. The van der Waals surface area contributed by atoms with Crippen molar-refractivity contribution >= 4 is 44.8 Å². The number of halogens is 2. The van der Waals surface area contributed by atoms with Crippen LogP contribution in [-0.2, 0) is 0 Å². The van der Waals surface area contributed by atoms with Crippen molar-refractivity contribution in [2.75, 3.05) is 5.32 Å². The number of rotatable bonds is 3. The Balaban J connectivity index is 2.28. The lowest BCUT2D eigenvalue weighted by Crippen LogP contribution is -2.14. The molecule has 19 heavy (non-hydrogen) atoms. The maximum absolute atomic E-state index is 13.1. The normalized spacial score (nSPS) is 10.2.